The van der Waals surface area contributed by atoms with Crippen molar-refractivity contribution in [2.24, 2.45) is 0 Å². The monoisotopic (exact) mass is 412 g/mol. The molecule has 1 aliphatic rings. The van der Waals surface area contributed by atoms with Crippen LogP contribution in [0.3, 0.4) is 0 Å². The first-order chi connectivity index (χ1) is 13.2. The largest absolute Gasteiger partial charge is 0.416 e. The van der Waals surface area contributed by atoms with Crippen LogP contribution in [0.1, 0.15) is 5.56 Å². The summed E-state index contributed by atoms with van der Waals surface area (Å²) in [6.45, 7) is 1.21. The molecule has 3 heterocycles. The second kappa shape index (κ2) is 6.71. The maximum atomic E-state index is 12.7. The van der Waals surface area contributed by atoms with Crippen LogP contribution in [0.25, 0.3) is 5.65 Å². The van der Waals surface area contributed by atoms with Crippen LogP contribution in [0, 0.1) is 0 Å². The van der Waals surface area contributed by atoms with Crippen molar-refractivity contribution in [3.8, 4) is 0 Å². The van der Waals surface area contributed by atoms with E-state index in [0.29, 0.717) is 24.6 Å². The highest BCUT2D eigenvalue weighted by molar-refractivity contribution is 7.89. The number of hydrogen-bond donors (Lipinski definition) is 0. The number of rotatable bonds is 3. The van der Waals surface area contributed by atoms with Crippen LogP contribution in [-0.2, 0) is 16.2 Å². The zero-order valence-electron chi connectivity index (χ0n) is 14.4. The molecule has 0 bridgehead atoms. The molecule has 1 saturated heterocycles. The first kappa shape index (κ1) is 18.6. The summed E-state index contributed by atoms with van der Waals surface area (Å²) in [5.41, 5.74) is -0.279. The van der Waals surface area contributed by atoms with Crippen LogP contribution < -0.4 is 4.90 Å². The topological polar surface area (TPSA) is 83.7 Å². The van der Waals surface area contributed by atoms with Crippen LogP contribution >= 0.6 is 0 Å². The summed E-state index contributed by atoms with van der Waals surface area (Å²) in [5.74, 6) is 0.666. The zero-order chi connectivity index (χ0) is 19.9. The third-order valence-electron chi connectivity index (χ3n) is 4.53. The minimum Gasteiger partial charge on any atom is -0.353 e. The number of anilines is 1. The summed E-state index contributed by atoms with van der Waals surface area (Å²) in [6, 6.07) is 7.09. The van der Waals surface area contributed by atoms with Gasteiger partial charge in [0.25, 0.3) is 0 Å². The van der Waals surface area contributed by atoms with Crippen LogP contribution in [-0.4, -0.2) is 58.7 Å². The van der Waals surface area contributed by atoms with E-state index in [1.165, 1.54) is 15.1 Å². The van der Waals surface area contributed by atoms with Gasteiger partial charge in [-0.3, -0.25) is 0 Å². The van der Waals surface area contributed by atoms with E-state index in [1.54, 1.807) is 12.1 Å². The fourth-order valence-corrected chi connectivity index (χ4v) is 4.43. The van der Waals surface area contributed by atoms with Crippen molar-refractivity contribution >= 4 is 21.5 Å². The van der Waals surface area contributed by atoms with Crippen LogP contribution in [0.5, 0.6) is 0 Å². The molecule has 1 aliphatic heterocycles. The molecule has 4 rings (SSSR count). The molecular formula is C16H15F3N6O2S. The summed E-state index contributed by atoms with van der Waals surface area (Å²) in [5, 5.41) is 12.0. The SMILES string of the molecule is O=S(=O)(c1ccc(C(F)(F)F)cc1)N1CCN(c2ccc3nncn3n2)CC1. The predicted molar refractivity (Wildman–Crippen MR) is 93.2 cm³/mol. The van der Waals surface area contributed by atoms with Crippen molar-refractivity contribution in [1.29, 1.82) is 0 Å². The molecule has 0 radical (unpaired) electrons. The third kappa shape index (κ3) is 3.40. The Bertz CT molecular complexity index is 1090. The van der Waals surface area contributed by atoms with E-state index in [9.17, 15) is 21.6 Å². The summed E-state index contributed by atoms with van der Waals surface area (Å²) in [7, 11) is -3.86. The Morgan fingerprint density at radius 2 is 1.61 bits per heavy atom. The van der Waals surface area contributed by atoms with Gasteiger partial charge in [0.2, 0.25) is 10.0 Å². The molecule has 148 valence electrons. The Hall–Kier alpha value is -2.73. The second-order valence-corrected chi connectivity index (χ2v) is 8.18. The highest BCUT2D eigenvalue weighted by Crippen LogP contribution is 2.30. The van der Waals surface area contributed by atoms with Gasteiger partial charge >= 0.3 is 6.18 Å². The number of sulfonamides is 1. The lowest BCUT2D eigenvalue weighted by atomic mass is 10.2. The summed E-state index contributed by atoms with van der Waals surface area (Å²) < 4.78 is 66.3. The number of aromatic nitrogens is 4. The van der Waals surface area contributed by atoms with E-state index in [1.807, 2.05) is 4.90 Å². The van der Waals surface area contributed by atoms with Gasteiger partial charge in [0.15, 0.2) is 5.65 Å². The number of nitrogens with zero attached hydrogens (tertiary/aromatic N) is 6. The molecule has 12 heteroatoms. The molecule has 0 atom stereocenters. The summed E-state index contributed by atoms with van der Waals surface area (Å²) in [4.78, 5) is 1.77. The van der Waals surface area contributed by atoms with Crippen molar-refractivity contribution in [3.05, 3.63) is 48.3 Å². The van der Waals surface area contributed by atoms with Gasteiger partial charge in [0.05, 0.1) is 10.5 Å². The van der Waals surface area contributed by atoms with E-state index in [2.05, 4.69) is 15.3 Å². The molecule has 0 amide bonds. The average Bonchev–Trinajstić information content (AvgIpc) is 3.15. The van der Waals surface area contributed by atoms with E-state index in [0.717, 1.165) is 24.3 Å². The van der Waals surface area contributed by atoms with E-state index < -0.39 is 21.8 Å². The second-order valence-electron chi connectivity index (χ2n) is 6.24. The van der Waals surface area contributed by atoms with E-state index >= 15 is 0 Å². The average molecular weight is 412 g/mol. The van der Waals surface area contributed by atoms with Crippen LogP contribution in [0.2, 0.25) is 0 Å². The Morgan fingerprint density at radius 1 is 0.929 bits per heavy atom. The molecule has 0 spiro atoms. The molecule has 1 aromatic carbocycles. The number of piperazine rings is 1. The van der Waals surface area contributed by atoms with E-state index in [4.69, 9.17) is 0 Å². The number of hydrogen-bond acceptors (Lipinski definition) is 6. The van der Waals surface area contributed by atoms with Gasteiger partial charge in [-0.2, -0.15) is 22.0 Å². The van der Waals surface area contributed by atoms with Gasteiger partial charge in [-0.1, -0.05) is 0 Å². The van der Waals surface area contributed by atoms with Crippen molar-refractivity contribution in [2.75, 3.05) is 31.1 Å². The molecule has 3 aromatic rings. The maximum Gasteiger partial charge on any atom is 0.416 e. The lowest BCUT2D eigenvalue weighted by Crippen LogP contribution is -2.49. The number of benzene rings is 1. The lowest BCUT2D eigenvalue weighted by Gasteiger charge is -2.34. The number of fused-ring (bicyclic) bond motifs is 1. The fourth-order valence-electron chi connectivity index (χ4n) is 3.01. The number of halogens is 3. The molecule has 0 unspecified atom stereocenters. The quantitative estimate of drug-likeness (QED) is 0.651. The smallest absolute Gasteiger partial charge is 0.353 e. The lowest BCUT2D eigenvalue weighted by molar-refractivity contribution is -0.137. The maximum absolute atomic E-state index is 12.7. The molecule has 8 nitrogen and oxygen atoms in total. The Labute approximate surface area is 158 Å². The molecule has 0 N–H and O–H groups in total. The Morgan fingerprint density at radius 3 is 2.25 bits per heavy atom. The highest BCUT2D eigenvalue weighted by atomic mass is 32.2. The van der Waals surface area contributed by atoms with Gasteiger partial charge in [0.1, 0.15) is 12.1 Å². The van der Waals surface area contributed by atoms with Gasteiger partial charge in [-0.25, -0.2) is 8.42 Å². The van der Waals surface area contributed by atoms with Crippen molar-refractivity contribution in [2.45, 2.75) is 11.1 Å². The molecular weight excluding hydrogens is 397 g/mol. The summed E-state index contributed by atoms with van der Waals surface area (Å²) in [6.07, 6.45) is -3.03. The minimum absolute atomic E-state index is 0.155. The molecule has 0 saturated carbocycles. The summed E-state index contributed by atoms with van der Waals surface area (Å²) >= 11 is 0. The minimum atomic E-state index is -4.51. The number of alkyl halides is 3. The molecule has 2 aromatic heterocycles. The molecule has 1 fully saturated rings. The normalized spacial score (nSPS) is 16.6. The fraction of sp³-hybridized carbons (Fsp3) is 0.312. The zero-order valence-corrected chi connectivity index (χ0v) is 15.2. The van der Waals surface area contributed by atoms with Gasteiger partial charge in [-0.15, -0.1) is 15.3 Å². The van der Waals surface area contributed by atoms with Gasteiger partial charge in [0, 0.05) is 26.2 Å². The first-order valence-electron chi connectivity index (χ1n) is 8.34. The Balaban J connectivity index is 1.47. The van der Waals surface area contributed by atoms with Gasteiger partial charge in [-0.05, 0) is 36.4 Å². The van der Waals surface area contributed by atoms with Gasteiger partial charge < -0.3 is 4.90 Å². The standard InChI is InChI=1S/C16H15F3N6O2S/c17-16(18,19)12-1-3-13(4-2-12)28(26,27)24-9-7-23(8-10-24)15-6-5-14-21-20-11-25(14)22-15/h1-6,11H,7-10H2. The first-order valence-corrected chi connectivity index (χ1v) is 9.78. The third-order valence-corrected chi connectivity index (χ3v) is 6.44. The molecule has 28 heavy (non-hydrogen) atoms. The van der Waals surface area contributed by atoms with E-state index in [-0.39, 0.29) is 18.0 Å². The van der Waals surface area contributed by atoms with Crippen LogP contribution in [0.15, 0.2) is 47.6 Å². The molecule has 0 aliphatic carbocycles. The predicted octanol–water partition coefficient (Wildman–Crippen LogP) is 1.65. The van der Waals surface area contributed by atoms with Crippen molar-refractivity contribution in [3.63, 3.8) is 0 Å². The van der Waals surface area contributed by atoms with Crippen molar-refractivity contribution in [1.82, 2.24) is 24.1 Å². The van der Waals surface area contributed by atoms with Crippen LogP contribution in [0.4, 0.5) is 19.0 Å². The highest BCUT2D eigenvalue weighted by Gasteiger charge is 2.32. The van der Waals surface area contributed by atoms with Crippen molar-refractivity contribution < 1.29 is 21.6 Å². The Kier molecular flexibility index (Phi) is 4.46.